The van der Waals surface area contributed by atoms with E-state index in [1.807, 2.05) is 31.3 Å². The number of hydrogen-bond acceptors (Lipinski definition) is 7. The first-order valence-corrected chi connectivity index (χ1v) is 12.5. The highest BCUT2D eigenvalue weighted by molar-refractivity contribution is 5.87. The summed E-state index contributed by atoms with van der Waals surface area (Å²) in [6.45, 7) is 1.90. The van der Waals surface area contributed by atoms with E-state index in [4.69, 9.17) is 8.83 Å². The molecule has 1 aliphatic rings. The van der Waals surface area contributed by atoms with Gasteiger partial charge in [0.2, 0.25) is 12.3 Å². The standard InChI is InChI=1S/C28H28F3N5O3/c1-34-10-7-22(8-11-34)35(2)25-14-18(21-9-12-38-16-21)5-6-24(25)36(17-37)15-20-4-3-19(13-23(20)29)27-32-33-28(39-27)26(30)31/h3-6,9,12-14,16-17,22,26H,7-8,10-11,15H2,1-2H3. The molecule has 204 valence electrons. The Kier molecular flexibility index (Phi) is 7.69. The minimum Gasteiger partial charge on any atom is -0.472 e. The van der Waals surface area contributed by atoms with Gasteiger partial charge in [-0.05, 0) is 68.9 Å². The Labute approximate surface area is 223 Å². The molecule has 0 aliphatic carbocycles. The Morgan fingerprint density at radius 3 is 2.46 bits per heavy atom. The fourth-order valence-electron chi connectivity index (χ4n) is 4.85. The molecule has 1 amide bonds. The highest BCUT2D eigenvalue weighted by Gasteiger charge is 2.25. The first kappa shape index (κ1) is 26.5. The average Bonchev–Trinajstić information content (AvgIpc) is 3.66. The van der Waals surface area contributed by atoms with E-state index in [1.165, 1.54) is 17.0 Å². The third-order valence-electron chi connectivity index (χ3n) is 7.15. The van der Waals surface area contributed by atoms with Gasteiger partial charge in [-0.3, -0.25) is 4.79 Å². The summed E-state index contributed by atoms with van der Waals surface area (Å²) in [5.74, 6) is -1.67. The molecule has 0 bridgehead atoms. The Balaban J connectivity index is 1.45. The van der Waals surface area contributed by atoms with Gasteiger partial charge in [-0.1, -0.05) is 12.1 Å². The molecular weight excluding hydrogens is 511 g/mol. The molecule has 0 atom stereocenters. The predicted octanol–water partition coefficient (Wildman–Crippen LogP) is 5.77. The molecular formula is C28H28F3N5O3. The molecule has 0 spiro atoms. The second-order valence-electron chi connectivity index (χ2n) is 9.65. The van der Waals surface area contributed by atoms with Gasteiger partial charge in [0.05, 0.1) is 30.4 Å². The minimum absolute atomic E-state index is 0.0406. The fraction of sp³-hybridized carbons (Fsp3) is 0.321. The Hall–Kier alpha value is -4.12. The number of furan rings is 1. The number of aromatic nitrogens is 2. The molecule has 2 aromatic heterocycles. The molecule has 0 radical (unpaired) electrons. The number of alkyl halides is 2. The maximum Gasteiger partial charge on any atom is 0.314 e. The minimum atomic E-state index is -2.92. The second kappa shape index (κ2) is 11.3. The number of anilines is 2. The van der Waals surface area contributed by atoms with Gasteiger partial charge in [-0.2, -0.15) is 8.78 Å². The van der Waals surface area contributed by atoms with Crippen LogP contribution in [0.2, 0.25) is 0 Å². The molecule has 8 nitrogen and oxygen atoms in total. The lowest BCUT2D eigenvalue weighted by Crippen LogP contribution is -2.42. The first-order valence-electron chi connectivity index (χ1n) is 12.5. The Bertz CT molecular complexity index is 1420. The predicted molar refractivity (Wildman–Crippen MR) is 140 cm³/mol. The van der Waals surface area contributed by atoms with Crippen LogP contribution in [-0.2, 0) is 11.3 Å². The zero-order valence-corrected chi connectivity index (χ0v) is 21.6. The zero-order valence-electron chi connectivity index (χ0n) is 21.6. The van der Waals surface area contributed by atoms with Crippen molar-refractivity contribution in [2.24, 2.45) is 0 Å². The molecule has 1 saturated heterocycles. The molecule has 39 heavy (non-hydrogen) atoms. The number of carbonyl (C=O) groups excluding carboxylic acids is 1. The van der Waals surface area contributed by atoms with Gasteiger partial charge in [-0.25, -0.2) is 4.39 Å². The summed E-state index contributed by atoms with van der Waals surface area (Å²) >= 11 is 0. The molecule has 4 aromatic rings. The van der Waals surface area contributed by atoms with E-state index in [-0.39, 0.29) is 29.6 Å². The molecule has 1 aliphatic heterocycles. The number of hydrogen-bond donors (Lipinski definition) is 0. The third kappa shape index (κ3) is 5.68. The maximum absolute atomic E-state index is 15.1. The number of piperidine rings is 1. The molecule has 1 fully saturated rings. The van der Waals surface area contributed by atoms with Gasteiger partial charge in [0.1, 0.15) is 5.82 Å². The lowest BCUT2D eigenvalue weighted by atomic mass is 10.0. The van der Waals surface area contributed by atoms with Gasteiger partial charge in [0.15, 0.2) is 0 Å². The van der Waals surface area contributed by atoms with E-state index < -0.39 is 18.1 Å². The Morgan fingerprint density at radius 2 is 1.82 bits per heavy atom. The van der Waals surface area contributed by atoms with E-state index in [2.05, 4.69) is 27.0 Å². The van der Waals surface area contributed by atoms with Crippen LogP contribution >= 0.6 is 0 Å². The maximum atomic E-state index is 15.1. The van der Waals surface area contributed by atoms with Crippen LogP contribution in [0.1, 0.15) is 30.7 Å². The van der Waals surface area contributed by atoms with Crippen molar-refractivity contribution in [3.63, 3.8) is 0 Å². The second-order valence-corrected chi connectivity index (χ2v) is 9.65. The summed E-state index contributed by atoms with van der Waals surface area (Å²) in [5, 5.41) is 6.85. The number of benzene rings is 2. The van der Waals surface area contributed by atoms with Gasteiger partial charge in [0, 0.05) is 29.8 Å². The van der Waals surface area contributed by atoms with Crippen LogP contribution in [-0.4, -0.2) is 54.7 Å². The van der Waals surface area contributed by atoms with E-state index in [1.54, 1.807) is 12.5 Å². The van der Waals surface area contributed by atoms with Gasteiger partial charge in [0.25, 0.3) is 5.89 Å². The number of amides is 1. The van der Waals surface area contributed by atoms with Crippen LogP contribution in [0.15, 0.2) is 63.8 Å². The SMILES string of the molecule is CN1CCC(N(C)c2cc(-c3ccoc3)ccc2N(C=O)Cc2ccc(-c3nnc(C(F)F)o3)cc2F)CC1. The normalized spacial score (nSPS) is 14.6. The molecule has 0 N–H and O–H groups in total. The van der Waals surface area contributed by atoms with Crippen molar-refractivity contribution in [2.75, 3.05) is 37.0 Å². The smallest absolute Gasteiger partial charge is 0.314 e. The van der Waals surface area contributed by atoms with Crippen molar-refractivity contribution in [1.29, 1.82) is 0 Å². The van der Waals surface area contributed by atoms with Crippen LogP contribution in [0.3, 0.4) is 0 Å². The van der Waals surface area contributed by atoms with E-state index in [9.17, 15) is 13.6 Å². The number of carbonyl (C=O) groups is 1. The van der Waals surface area contributed by atoms with Crippen molar-refractivity contribution >= 4 is 17.8 Å². The highest BCUT2D eigenvalue weighted by atomic mass is 19.3. The van der Waals surface area contributed by atoms with Crippen molar-refractivity contribution in [2.45, 2.75) is 31.9 Å². The molecule has 0 unspecified atom stereocenters. The lowest BCUT2D eigenvalue weighted by Gasteiger charge is -2.38. The fourth-order valence-corrected chi connectivity index (χ4v) is 4.85. The zero-order chi connectivity index (χ0) is 27.5. The summed E-state index contributed by atoms with van der Waals surface area (Å²) in [5.41, 5.74) is 3.74. The molecule has 0 saturated carbocycles. The van der Waals surface area contributed by atoms with E-state index in [0.717, 1.165) is 48.8 Å². The third-order valence-corrected chi connectivity index (χ3v) is 7.15. The quantitative estimate of drug-likeness (QED) is 0.250. The highest BCUT2D eigenvalue weighted by Crippen LogP contribution is 2.37. The van der Waals surface area contributed by atoms with Crippen LogP contribution in [0, 0.1) is 5.82 Å². The number of likely N-dealkylation sites (tertiary alicyclic amines) is 1. The molecule has 11 heteroatoms. The topological polar surface area (TPSA) is 78.9 Å². The van der Waals surface area contributed by atoms with Crippen molar-refractivity contribution in [3.8, 4) is 22.6 Å². The van der Waals surface area contributed by atoms with Gasteiger partial charge in [-0.15, -0.1) is 10.2 Å². The number of rotatable bonds is 9. The van der Waals surface area contributed by atoms with Gasteiger partial charge >= 0.3 is 6.43 Å². The van der Waals surface area contributed by atoms with E-state index in [0.29, 0.717) is 12.1 Å². The number of nitrogens with zero attached hydrogens (tertiary/aromatic N) is 5. The summed E-state index contributed by atoms with van der Waals surface area (Å²) in [6.07, 6.45) is 2.98. The van der Waals surface area contributed by atoms with Crippen LogP contribution in [0.4, 0.5) is 24.5 Å². The molecule has 2 aromatic carbocycles. The largest absolute Gasteiger partial charge is 0.472 e. The molecule has 3 heterocycles. The summed E-state index contributed by atoms with van der Waals surface area (Å²) < 4.78 is 50.9. The Morgan fingerprint density at radius 1 is 1.05 bits per heavy atom. The summed E-state index contributed by atoms with van der Waals surface area (Å²) in [6, 6.07) is 12.0. The summed E-state index contributed by atoms with van der Waals surface area (Å²) in [7, 11) is 4.12. The van der Waals surface area contributed by atoms with Crippen LogP contribution in [0.5, 0.6) is 0 Å². The first-order chi connectivity index (χ1) is 18.8. The monoisotopic (exact) mass is 539 g/mol. The van der Waals surface area contributed by atoms with E-state index >= 15 is 4.39 Å². The van der Waals surface area contributed by atoms with Crippen molar-refractivity contribution in [1.82, 2.24) is 15.1 Å². The van der Waals surface area contributed by atoms with Crippen LogP contribution < -0.4 is 9.80 Å². The van der Waals surface area contributed by atoms with Crippen molar-refractivity contribution < 1.29 is 26.8 Å². The number of halogens is 3. The lowest BCUT2D eigenvalue weighted by molar-refractivity contribution is -0.107. The molecule has 5 rings (SSSR count). The summed E-state index contributed by atoms with van der Waals surface area (Å²) in [4.78, 5) is 18.3. The van der Waals surface area contributed by atoms with Crippen LogP contribution in [0.25, 0.3) is 22.6 Å². The average molecular weight is 540 g/mol. The van der Waals surface area contributed by atoms with Crippen molar-refractivity contribution in [3.05, 3.63) is 72.3 Å². The van der Waals surface area contributed by atoms with Gasteiger partial charge < -0.3 is 23.5 Å².